The predicted octanol–water partition coefficient (Wildman–Crippen LogP) is 4.35. The smallest absolute Gasteiger partial charge is 0.322 e. The summed E-state index contributed by atoms with van der Waals surface area (Å²) in [6.45, 7) is 0.527. The van der Waals surface area contributed by atoms with Gasteiger partial charge >= 0.3 is 6.03 Å². The van der Waals surface area contributed by atoms with E-state index in [-0.39, 0.29) is 11.7 Å². The van der Waals surface area contributed by atoms with Gasteiger partial charge in [-0.15, -0.1) is 0 Å². The second-order valence-electron chi connectivity index (χ2n) is 6.01. The number of nitrogens with one attached hydrogen (secondary N) is 1. The molecule has 0 bridgehead atoms. The van der Waals surface area contributed by atoms with Crippen LogP contribution in [0.3, 0.4) is 0 Å². The molecule has 0 unspecified atom stereocenters. The number of halogens is 2. The first-order chi connectivity index (χ1) is 12.5. The van der Waals surface area contributed by atoms with Crippen LogP contribution in [0.25, 0.3) is 0 Å². The van der Waals surface area contributed by atoms with Crippen molar-refractivity contribution in [2.45, 2.75) is 18.9 Å². The zero-order valence-corrected chi connectivity index (χ0v) is 14.6. The molecule has 1 atom stereocenters. The molecule has 0 spiro atoms. The van der Waals surface area contributed by atoms with Gasteiger partial charge < -0.3 is 19.7 Å². The van der Waals surface area contributed by atoms with Crippen molar-refractivity contribution in [1.29, 1.82) is 0 Å². The van der Waals surface area contributed by atoms with Gasteiger partial charge in [0.1, 0.15) is 23.1 Å². The molecule has 0 aromatic heterocycles. The number of hydrogen-bond acceptors (Lipinski definition) is 3. The fraction of sp³-hybridized carbons (Fsp3) is 0.316. The molecule has 26 heavy (non-hydrogen) atoms. The third-order valence-electron chi connectivity index (χ3n) is 4.48. The van der Waals surface area contributed by atoms with Gasteiger partial charge in [0.2, 0.25) is 0 Å². The summed E-state index contributed by atoms with van der Waals surface area (Å²) in [5.41, 5.74) is 0.777. The number of ether oxygens (including phenoxy) is 2. The van der Waals surface area contributed by atoms with Crippen LogP contribution in [-0.4, -0.2) is 31.7 Å². The quantitative estimate of drug-likeness (QED) is 0.880. The monoisotopic (exact) mass is 362 g/mol. The molecule has 3 rings (SSSR count). The van der Waals surface area contributed by atoms with Gasteiger partial charge in [0.15, 0.2) is 0 Å². The molecule has 1 aliphatic heterocycles. The molecule has 2 amide bonds. The molecule has 1 saturated heterocycles. The first-order valence-corrected chi connectivity index (χ1v) is 8.28. The molecule has 0 radical (unpaired) electrons. The number of rotatable bonds is 4. The van der Waals surface area contributed by atoms with Crippen molar-refractivity contribution in [3.63, 3.8) is 0 Å². The number of methoxy groups -OCH3 is 2. The van der Waals surface area contributed by atoms with Gasteiger partial charge in [-0.1, -0.05) is 0 Å². The topological polar surface area (TPSA) is 50.8 Å². The zero-order valence-electron chi connectivity index (χ0n) is 14.6. The normalized spacial score (nSPS) is 16.5. The Morgan fingerprint density at radius 2 is 1.96 bits per heavy atom. The van der Waals surface area contributed by atoms with E-state index in [2.05, 4.69) is 5.32 Å². The van der Waals surface area contributed by atoms with E-state index in [0.29, 0.717) is 18.0 Å². The summed E-state index contributed by atoms with van der Waals surface area (Å²) >= 11 is 0. The Labute approximate surface area is 150 Å². The lowest BCUT2D eigenvalue weighted by Gasteiger charge is -2.27. The summed E-state index contributed by atoms with van der Waals surface area (Å²) < 4.78 is 37.6. The van der Waals surface area contributed by atoms with E-state index in [4.69, 9.17) is 9.47 Å². The van der Waals surface area contributed by atoms with E-state index in [1.165, 1.54) is 6.07 Å². The van der Waals surface area contributed by atoms with E-state index in [9.17, 15) is 13.6 Å². The minimum Gasteiger partial charge on any atom is -0.497 e. The molecule has 2 aromatic rings. The van der Waals surface area contributed by atoms with Crippen LogP contribution in [0, 0.1) is 11.6 Å². The number of anilines is 1. The highest BCUT2D eigenvalue weighted by molar-refractivity contribution is 5.90. The second-order valence-corrected chi connectivity index (χ2v) is 6.01. The molecule has 0 aliphatic carbocycles. The first kappa shape index (κ1) is 18.0. The van der Waals surface area contributed by atoms with Gasteiger partial charge in [-0.2, -0.15) is 0 Å². The van der Waals surface area contributed by atoms with Crippen LogP contribution in [0.4, 0.5) is 19.3 Å². The first-order valence-electron chi connectivity index (χ1n) is 8.28. The van der Waals surface area contributed by atoms with Gasteiger partial charge in [0.05, 0.1) is 25.9 Å². The van der Waals surface area contributed by atoms with Crippen molar-refractivity contribution in [2.24, 2.45) is 0 Å². The summed E-state index contributed by atoms with van der Waals surface area (Å²) in [5.74, 6) is -0.185. The van der Waals surface area contributed by atoms with Gasteiger partial charge in [-0.05, 0) is 43.2 Å². The van der Waals surface area contributed by atoms with Crippen molar-refractivity contribution >= 4 is 11.7 Å². The van der Waals surface area contributed by atoms with Crippen molar-refractivity contribution in [3.8, 4) is 11.5 Å². The molecule has 1 aliphatic rings. The SMILES string of the molecule is COc1ccc(OC)c([C@@H]2CCCN2C(=O)Nc2ccc(F)cc2F)c1. The standard InChI is InChI=1S/C19H20F2N2O3/c1-25-13-6-8-18(26-2)14(11-13)17-4-3-9-23(17)19(24)22-16-7-5-12(20)10-15(16)21/h5-8,10-11,17H,3-4,9H2,1-2H3,(H,22,24)/t17-/m0/s1. The van der Waals surface area contributed by atoms with E-state index in [1.807, 2.05) is 6.07 Å². The number of nitrogens with zero attached hydrogens (tertiary/aromatic N) is 1. The summed E-state index contributed by atoms with van der Waals surface area (Å²) in [4.78, 5) is 14.3. The molecule has 138 valence electrons. The second kappa shape index (κ2) is 7.59. The zero-order chi connectivity index (χ0) is 18.7. The molecule has 1 N–H and O–H groups in total. The van der Waals surface area contributed by atoms with Crippen molar-refractivity contribution in [2.75, 3.05) is 26.1 Å². The van der Waals surface area contributed by atoms with Crippen LogP contribution < -0.4 is 14.8 Å². The van der Waals surface area contributed by atoms with Crippen LogP contribution in [0.1, 0.15) is 24.4 Å². The largest absolute Gasteiger partial charge is 0.497 e. The molecule has 1 heterocycles. The fourth-order valence-electron chi connectivity index (χ4n) is 3.21. The van der Waals surface area contributed by atoms with Crippen LogP contribution in [-0.2, 0) is 0 Å². The fourth-order valence-corrected chi connectivity index (χ4v) is 3.21. The maximum atomic E-state index is 13.8. The Morgan fingerprint density at radius 1 is 1.15 bits per heavy atom. The number of amides is 2. The van der Waals surface area contributed by atoms with Crippen molar-refractivity contribution in [1.82, 2.24) is 4.90 Å². The lowest BCUT2D eigenvalue weighted by Crippen LogP contribution is -2.34. The van der Waals surface area contributed by atoms with Crippen LogP contribution in [0.15, 0.2) is 36.4 Å². The van der Waals surface area contributed by atoms with Crippen LogP contribution in [0.5, 0.6) is 11.5 Å². The van der Waals surface area contributed by atoms with E-state index >= 15 is 0 Å². The van der Waals surface area contributed by atoms with Crippen molar-refractivity contribution < 1.29 is 23.0 Å². The Hall–Kier alpha value is -2.83. The van der Waals surface area contributed by atoms with Gasteiger partial charge in [-0.3, -0.25) is 0 Å². The number of hydrogen-bond donors (Lipinski definition) is 1. The lowest BCUT2D eigenvalue weighted by molar-refractivity contribution is 0.206. The molecule has 1 fully saturated rings. The molecular weight excluding hydrogens is 342 g/mol. The summed E-state index contributed by atoms with van der Waals surface area (Å²) in [5, 5.41) is 2.52. The van der Waals surface area contributed by atoms with Gasteiger partial charge in [0, 0.05) is 18.2 Å². The molecular formula is C19H20F2N2O3. The predicted molar refractivity (Wildman–Crippen MR) is 93.6 cm³/mol. The minimum atomic E-state index is -0.812. The van der Waals surface area contributed by atoms with E-state index < -0.39 is 17.7 Å². The number of carbonyl (C=O) groups excluding carboxylic acids is 1. The Morgan fingerprint density at radius 3 is 2.65 bits per heavy atom. The minimum absolute atomic E-state index is 0.0559. The summed E-state index contributed by atoms with van der Waals surface area (Å²) in [7, 11) is 3.14. The van der Waals surface area contributed by atoms with Gasteiger partial charge in [-0.25, -0.2) is 13.6 Å². The highest BCUT2D eigenvalue weighted by Crippen LogP contribution is 2.39. The third kappa shape index (κ3) is 3.56. The summed E-state index contributed by atoms with van der Waals surface area (Å²) in [6.07, 6.45) is 1.56. The Bertz CT molecular complexity index is 813. The number of benzene rings is 2. The molecule has 7 heteroatoms. The number of likely N-dealkylation sites (tertiary alicyclic amines) is 1. The maximum Gasteiger partial charge on any atom is 0.322 e. The van der Waals surface area contributed by atoms with Crippen LogP contribution in [0.2, 0.25) is 0 Å². The lowest BCUT2D eigenvalue weighted by atomic mass is 10.0. The highest BCUT2D eigenvalue weighted by Gasteiger charge is 2.32. The highest BCUT2D eigenvalue weighted by atomic mass is 19.1. The third-order valence-corrected chi connectivity index (χ3v) is 4.48. The van der Waals surface area contributed by atoms with E-state index in [0.717, 1.165) is 30.5 Å². The van der Waals surface area contributed by atoms with Gasteiger partial charge in [0.25, 0.3) is 0 Å². The number of urea groups is 1. The number of carbonyl (C=O) groups is 1. The average molecular weight is 362 g/mol. The Balaban J connectivity index is 1.85. The average Bonchev–Trinajstić information content (AvgIpc) is 3.13. The summed E-state index contributed by atoms with van der Waals surface area (Å²) in [6, 6.07) is 7.81. The van der Waals surface area contributed by atoms with E-state index in [1.54, 1.807) is 31.3 Å². The maximum absolute atomic E-state index is 13.8. The molecule has 0 saturated carbocycles. The van der Waals surface area contributed by atoms with Crippen molar-refractivity contribution in [3.05, 3.63) is 53.6 Å². The molecule has 2 aromatic carbocycles. The molecule has 5 nitrogen and oxygen atoms in total. The van der Waals surface area contributed by atoms with Crippen LogP contribution >= 0.6 is 0 Å². The Kier molecular flexibility index (Phi) is 5.25.